The van der Waals surface area contributed by atoms with Crippen molar-refractivity contribution >= 4 is 17.1 Å². The Kier molecular flexibility index (Phi) is 7.18. The standard InChI is InChI=1S/C57H57N/c1-54(2)25-26-55(3,4)53-34-43(21-24-50(53)54)58(42-20-23-46-44-11-7-9-13-48(44)56(5,6)51(46)33-42)41-18-15-37(16-19-41)38-17-22-47-45-12-8-10-14-49(45)57(52(47)32-38)39-28-35-27-36(30-39)31-40(57)29-35/h7-24,32-36,39-40H,25-31H2,1-6H3. The second-order valence-electron chi connectivity index (χ2n) is 21.3. The van der Waals surface area contributed by atoms with Crippen LogP contribution in [0.4, 0.5) is 17.1 Å². The molecule has 7 aliphatic rings. The molecular weight excluding hydrogens is 699 g/mol. The van der Waals surface area contributed by atoms with Crippen molar-refractivity contribution in [3.63, 3.8) is 0 Å². The van der Waals surface area contributed by atoms with E-state index in [4.69, 9.17) is 0 Å². The highest BCUT2D eigenvalue weighted by atomic mass is 15.1. The van der Waals surface area contributed by atoms with Crippen LogP contribution in [0.3, 0.4) is 0 Å². The summed E-state index contributed by atoms with van der Waals surface area (Å²) in [6.45, 7) is 14.5. The molecule has 0 unspecified atom stereocenters. The van der Waals surface area contributed by atoms with E-state index in [1.807, 2.05) is 0 Å². The number of fused-ring (bicyclic) bond motifs is 7. The van der Waals surface area contributed by atoms with Crippen molar-refractivity contribution in [1.82, 2.24) is 0 Å². The van der Waals surface area contributed by atoms with Gasteiger partial charge in [-0.25, -0.2) is 0 Å². The smallest absolute Gasteiger partial charge is 0.0465 e. The van der Waals surface area contributed by atoms with Crippen molar-refractivity contribution < 1.29 is 0 Å². The maximum Gasteiger partial charge on any atom is 0.0465 e. The molecule has 4 bridgehead atoms. The lowest BCUT2D eigenvalue weighted by molar-refractivity contribution is -0.0399. The minimum absolute atomic E-state index is 0.0683. The van der Waals surface area contributed by atoms with Gasteiger partial charge in [0, 0.05) is 27.9 Å². The molecule has 0 saturated heterocycles. The van der Waals surface area contributed by atoms with Gasteiger partial charge in [0.15, 0.2) is 0 Å². The number of nitrogens with zero attached hydrogens (tertiary/aromatic N) is 1. The van der Waals surface area contributed by atoms with Crippen LogP contribution in [0.2, 0.25) is 0 Å². The van der Waals surface area contributed by atoms with Gasteiger partial charge in [0.25, 0.3) is 0 Å². The fourth-order valence-electron chi connectivity index (χ4n) is 14.1. The van der Waals surface area contributed by atoms with Crippen LogP contribution in [-0.4, -0.2) is 0 Å². The third kappa shape index (κ3) is 4.71. The normalized spacial score (nSPS) is 26.8. The summed E-state index contributed by atoms with van der Waals surface area (Å²) >= 11 is 0. The van der Waals surface area contributed by atoms with Crippen LogP contribution >= 0.6 is 0 Å². The molecule has 13 rings (SSSR count). The van der Waals surface area contributed by atoms with Gasteiger partial charge in [-0.2, -0.15) is 0 Å². The van der Waals surface area contributed by atoms with Crippen LogP contribution < -0.4 is 4.90 Å². The number of benzene rings is 6. The molecular formula is C57H57N. The summed E-state index contributed by atoms with van der Waals surface area (Å²) in [5.41, 5.74) is 21.6. The van der Waals surface area contributed by atoms with Gasteiger partial charge in [-0.1, -0.05) is 126 Å². The lowest BCUT2D eigenvalue weighted by Gasteiger charge is -2.61. The molecule has 0 amide bonds. The Morgan fingerprint density at radius 2 is 0.897 bits per heavy atom. The molecule has 0 atom stereocenters. The number of anilines is 3. The van der Waals surface area contributed by atoms with Crippen LogP contribution in [0.5, 0.6) is 0 Å². The monoisotopic (exact) mass is 755 g/mol. The highest BCUT2D eigenvalue weighted by Crippen LogP contribution is 2.69. The molecule has 0 heterocycles. The van der Waals surface area contributed by atoms with E-state index in [0.717, 1.165) is 23.7 Å². The molecule has 0 N–H and O–H groups in total. The van der Waals surface area contributed by atoms with E-state index in [1.165, 1.54) is 118 Å². The molecule has 0 radical (unpaired) electrons. The van der Waals surface area contributed by atoms with Crippen molar-refractivity contribution in [2.45, 2.75) is 108 Å². The molecule has 1 spiro atoms. The first-order valence-electron chi connectivity index (χ1n) is 22.5. The van der Waals surface area contributed by atoms with E-state index < -0.39 is 0 Å². The van der Waals surface area contributed by atoms with Crippen molar-refractivity contribution in [1.29, 1.82) is 0 Å². The predicted octanol–water partition coefficient (Wildman–Crippen LogP) is 15.2. The first-order chi connectivity index (χ1) is 27.9. The molecule has 58 heavy (non-hydrogen) atoms. The number of hydrogen-bond acceptors (Lipinski definition) is 1. The lowest BCUT2D eigenvalue weighted by atomic mass is 9.43. The van der Waals surface area contributed by atoms with E-state index in [-0.39, 0.29) is 21.7 Å². The average Bonchev–Trinajstić information content (AvgIpc) is 3.64. The molecule has 4 fully saturated rings. The zero-order valence-corrected chi connectivity index (χ0v) is 35.3. The van der Waals surface area contributed by atoms with Gasteiger partial charge < -0.3 is 4.90 Å². The van der Waals surface area contributed by atoms with Crippen molar-refractivity contribution in [3.8, 4) is 33.4 Å². The van der Waals surface area contributed by atoms with Crippen LogP contribution in [-0.2, 0) is 21.7 Å². The van der Waals surface area contributed by atoms with E-state index in [2.05, 4.69) is 174 Å². The third-order valence-electron chi connectivity index (χ3n) is 16.9. The summed E-state index contributed by atoms with van der Waals surface area (Å²) in [4.78, 5) is 2.53. The minimum Gasteiger partial charge on any atom is -0.310 e. The van der Waals surface area contributed by atoms with E-state index in [9.17, 15) is 0 Å². The van der Waals surface area contributed by atoms with Gasteiger partial charge in [0.2, 0.25) is 0 Å². The number of hydrogen-bond donors (Lipinski definition) is 0. The Morgan fingerprint density at radius 1 is 0.397 bits per heavy atom. The SMILES string of the molecule is CC1(C)CCC(C)(C)c2cc(N(c3ccc(-c4ccc5c(c4)C4(c6ccccc6-5)C5CC6CC(C5)CC4C6)cc3)c3ccc4c(c3)C(C)(C)c3ccccc3-4)ccc21. The second kappa shape index (κ2) is 11.9. The van der Waals surface area contributed by atoms with Crippen molar-refractivity contribution in [2.24, 2.45) is 23.7 Å². The molecule has 6 aromatic carbocycles. The molecule has 1 heteroatoms. The topological polar surface area (TPSA) is 3.24 Å². The Labute approximate surface area is 346 Å². The van der Waals surface area contributed by atoms with Gasteiger partial charge in [0.1, 0.15) is 0 Å². The zero-order valence-electron chi connectivity index (χ0n) is 35.3. The minimum atomic E-state index is -0.0683. The van der Waals surface area contributed by atoms with Gasteiger partial charge in [-0.15, -0.1) is 0 Å². The maximum absolute atomic E-state index is 2.64. The van der Waals surface area contributed by atoms with Crippen molar-refractivity contribution in [3.05, 3.63) is 161 Å². The fraction of sp³-hybridized carbons (Fsp3) is 0.368. The molecule has 0 aromatic heterocycles. The summed E-state index contributed by atoms with van der Waals surface area (Å²) in [6.07, 6.45) is 9.57. The highest BCUT2D eigenvalue weighted by Gasteiger charge is 2.61. The van der Waals surface area contributed by atoms with Crippen LogP contribution in [0, 0.1) is 23.7 Å². The molecule has 1 nitrogen and oxygen atoms in total. The van der Waals surface area contributed by atoms with Gasteiger partial charge in [-0.05, 0) is 189 Å². The Hall–Kier alpha value is -4.88. The summed E-state index contributed by atoms with van der Waals surface area (Å²) < 4.78 is 0. The number of rotatable bonds is 4. The van der Waals surface area contributed by atoms with E-state index >= 15 is 0 Å². The Balaban J connectivity index is 0.978. The Bertz CT molecular complexity index is 2640. The Morgan fingerprint density at radius 3 is 1.59 bits per heavy atom. The quantitative estimate of drug-likeness (QED) is 0.173. The molecule has 4 saturated carbocycles. The van der Waals surface area contributed by atoms with Crippen LogP contribution in [0.15, 0.2) is 127 Å². The van der Waals surface area contributed by atoms with Crippen LogP contribution in [0.1, 0.15) is 120 Å². The van der Waals surface area contributed by atoms with E-state index in [0.29, 0.717) is 0 Å². The predicted molar refractivity (Wildman–Crippen MR) is 243 cm³/mol. The maximum atomic E-state index is 2.64. The van der Waals surface area contributed by atoms with Crippen molar-refractivity contribution in [2.75, 3.05) is 4.90 Å². The zero-order chi connectivity index (χ0) is 39.3. The van der Waals surface area contributed by atoms with Gasteiger partial charge >= 0.3 is 0 Å². The van der Waals surface area contributed by atoms with Crippen LogP contribution in [0.25, 0.3) is 33.4 Å². The largest absolute Gasteiger partial charge is 0.310 e. The second-order valence-corrected chi connectivity index (χ2v) is 21.3. The third-order valence-corrected chi connectivity index (χ3v) is 16.9. The molecule has 0 aliphatic heterocycles. The molecule has 7 aliphatic carbocycles. The summed E-state index contributed by atoms with van der Waals surface area (Å²) in [5, 5.41) is 0. The summed E-state index contributed by atoms with van der Waals surface area (Å²) in [7, 11) is 0. The lowest BCUT2D eigenvalue weighted by Crippen LogP contribution is -2.55. The molecule has 290 valence electrons. The van der Waals surface area contributed by atoms with Gasteiger partial charge in [-0.3, -0.25) is 0 Å². The van der Waals surface area contributed by atoms with Gasteiger partial charge in [0.05, 0.1) is 0 Å². The first-order valence-corrected chi connectivity index (χ1v) is 22.5. The first kappa shape index (κ1) is 35.1. The highest BCUT2D eigenvalue weighted by molar-refractivity contribution is 5.88. The summed E-state index contributed by atoms with van der Waals surface area (Å²) in [6, 6.07) is 50.2. The van der Waals surface area contributed by atoms with E-state index in [1.54, 1.807) is 11.1 Å². The molecule has 6 aromatic rings. The fourth-order valence-corrected chi connectivity index (χ4v) is 14.1. The average molecular weight is 756 g/mol. The summed E-state index contributed by atoms with van der Waals surface area (Å²) in [5.74, 6) is 3.44.